The van der Waals surface area contributed by atoms with Crippen molar-refractivity contribution in [2.24, 2.45) is 5.92 Å². The average molecular weight is 410 g/mol. The van der Waals surface area contributed by atoms with Crippen LogP contribution in [-0.4, -0.2) is 36.7 Å². The highest BCUT2D eigenvalue weighted by atomic mass is 32.2. The second-order valence-electron chi connectivity index (χ2n) is 7.02. The van der Waals surface area contributed by atoms with Crippen LogP contribution in [0.15, 0.2) is 23.1 Å². The molecule has 27 heavy (non-hydrogen) atoms. The van der Waals surface area contributed by atoms with Crippen LogP contribution in [0.4, 0.5) is 5.13 Å². The number of thiazole rings is 1. The van der Waals surface area contributed by atoms with Gasteiger partial charge < -0.3 is 5.32 Å². The van der Waals surface area contributed by atoms with Crippen LogP contribution in [0.1, 0.15) is 52.4 Å². The Morgan fingerprint density at radius 2 is 1.89 bits per heavy atom. The van der Waals surface area contributed by atoms with Crippen LogP contribution in [0, 0.1) is 5.92 Å². The number of carbonyl (C=O) groups excluding carboxylic acids is 1. The summed E-state index contributed by atoms with van der Waals surface area (Å²) >= 11 is 1.33. The normalized spacial score (nSPS) is 15.7. The van der Waals surface area contributed by atoms with E-state index in [2.05, 4.69) is 24.1 Å². The van der Waals surface area contributed by atoms with E-state index in [4.69, 9.17) is 0 Å². The van der Waals surface area contributed by atoms with Crippen LogP contribution in [0.5, 0.6) is 0 Å². The highest BCUT2D eigenvalue weighted by Gasteiger charge is 2.27. The van der Waals surface area contributed by atoms with Crippen molar-refractivity contribution in [3.63, 3.8) is 0 Å². The van der Waals surface area contributed by atoms with Crippen LogP contribution in [0.2, 0.25) is 0 Å². The summed E-state index contributed by atoms with van der Waals surface area (Å²) in [5.41, 5.74) is 0.707. The number of anilines is 1. The molecule has 0 radical (unpaired) electrons. The molecule has 0 unspecified atom stereocenters. The monoisotopic (exact) mass is 409 g/mol. The van der Waals surface area contributed by atoms with E-state index in [1.54, 1.807) is 18.2 Å². The minimum absolute atomic E-state index is 0.00174. The van der Waals surface area contributed by atoms with Crippen molar-refractivity contribution < 1.29 is 13.2 Å². The van der Waals surface area contributed by atoms with Gasteiger partial charge in [0.25, 0.3) is 0 Å². The molecule has 148 valence electrons. The molecular weight excluding hydrogens is 382 g/mol. The van der Waals surface area contributed by atoms with E-state index in [1.165, 1.54) is 15.6 Å². The van der Waals surface area contributed by atoms with Gasteiger partial charge in [0.1, 0.15) is 0 Å². The zero-order valence-electron chi connectivity index (χ0n) is 15.9. The van der Waals surface area contributed by atoms with Gasteiger partial charge in [-0.2, -0.15) is 4.31 Å². The smallest absolute Gasteiger partial charge is 0.243 e. The largest absolute Gasteiger partial charge is 0.302 e. The highest BCUT2D eigenvalue weighted by molar-refractivity contribution is 7.89. The zero-order valence-corrected chi connectivity index (χ0v) is 17.5. The molecule has 2 aromatic rings. The van der Waals surface area contributed by atoms with Gasteiger partial charge in [0.15, 0.2) is 5.13 Å². The second kappa shape index (κ2) is 8.67. The van der Waals surface area contributed by atoms with E-state index < -0.39 is 10.0 Å². The quantitative estimate of drug-likeness (QED) is 0.707. The Morgan fingerprint density at radius 3 is 2.52 bits per heavy atom. The molecule has 1 aromatic carbocycles. The van der Waals surface area contributed by atoms with Gasteiger partial charge in [0.2, 0.25) is 15.9 Å². The Hall–Kier alpha value is -1.51. The van der Waals surface area contributed by atoms with Crippen molar-refractivity contribution in [2.75, 3.05) is 18.4 Å². The van der Waals surface area contributed by atoms with Crippen LogP contribution < -0.4 is 5.32 Å². The molecule has 1 aliphatic heterocycles. The van der Waals surface area contributed by atoms with E-state index in [-0.39, 0.29) is 11.8 Å². The molecule has 1 saturated heterocycles. The Morgan fingerprint density at radius 1 is 1.22 bits per heavy atom. The molecule has 2 heterocycles. The number of hydrogen-bond acceptors (Lipinski definition) is 5. The van der Waals surface area contributed by atoms with Crippen LogP contribution >= 0.6 is 11.3 Å². The van der Waals surface area contributed by atoms with Crippen LogP contribution in [0.3, 0.4) is 0 Å². The number of sulfonamides is 1. The summed E-state index contributed by atoms with van der Waals surface area (Å²) in [6, 6.07) is 5.00. The zero-order chi connectivity index (χ0) is 19.4. The number of amides is 1. The molecule has 1 aliphatic rings. The van der Waals surface area contributed by atoms with Crippen molar-refractivity contribution >= 4 is 42.6 Å². The Bertz CT molecular complexity index is 896. The topological polar surface area (TPSA) is 79.4 Å². The fourth-order valence-corrected chi connectivity index (χ4v) is 6.03. The van der Waals surface area contributed by atoms with Crippen molar-refractivity contribution in [3.05, 3.63) is 18.2 Å². The third kappa shape index (κ3) is 4.50. The summed E-state index contributed by atoms with van der Waals surface area (Å²) in [6.07, 6.45) is 5.49. The number of nitrogens with zero attached hydrogens (tertiary/aromatic N) is 2. The first-order chi connectivity index (χ1) is 13.0. The van der Waals surface area contributed by atoms with Crippen molar-refractivity contribution in [2.45, 2.75) is 57.3 Å². The first kappa shape index (κ1) is 20.2. The second-order valence-corrected chi connectivity index (χ2v) is 9.99. The number of fused-ring (bicyclic) bond motifs is 1. The molecule has 0 aliphatic carbocycles. The summed E-state index contributed by atoms with van der Waals surface area (Å²) in [4.78, 5) is 17.3. The average Bonchev–Trinajstić information content (AvgIpc) is 3.30. The maximum absolute atomic E-state index is 12.7. The molecule has 0 atom stereocenters. The van der Waals surface area contributed by atoms with Crippen molar-refractivity contribution in [1.29, 1.82) is 0 Å². The molecule has 0 spiro atoms. The van der Waals surface area contributed by atoms with Crippen molar-refractivity contribution in [3.8, 4) is 0 Å². The van der Waals surface area contributed by atoms with Gasteiger partial charge in [-0.05, 0) is 43.9 Å². The lowest BCUT2D eigenvalue weighted by atomic mass is 9.97. The predicted octanol–water partition coefficient (Wildman–Crippen LogP) is 4.24. The first-order valence-electron chi connectivity index (χ1n) is 9.67. The Balaban J connectivity index is 1.80. The molecule has 8 heteroatoms. The lowest BCUT2D eigenvalue weighted by molar-refractivity contribution is -0.120. The molecule has 1 fully saturated rings. The summed E-state index contributed by atoms with van der Waals surface area (Å²) in [7, 11) is -3.45. The lowest BCUT2D eigenvalue weighted by Crippen LogP contribution is -2.27. The third-order valence-corrected chi connectivity index (χ3v) is 7.77. The van der Waals surface area contributed by atoms with Gasteiger partial charge in [-0.1, -0.05) is 38.0 Å². The third-order valence-electron chi connectivity index (χ3n) is 4.94. The van der Waals surface area contributed by atoms with Crippen LogP contribution in [-0.2, 0) is 14.8 Å². The van der Waals surface area contributed by atoms with E-state index in [0.29, 0.717) is 28.6 Å². The standard InChI is InChI=1S/C19H27N3O3S2/c1-3-7-14(8-4-2)18(23)21-19-20-16-10-9-15(13-17(16)26-19)27(24,25)22-11-5-6-12-22/h9-10,13-14H,3-8,11-12H2,1-2H3,(H,20,21,23). The maximum atomic E-state index is 12.7. The van der Waals surface area contributed by atoms with Gasteiger partial charge in [0.05, 0.1) is 15.1 Å². The minimum atomic E-state index is -3.45. The van der Waals surface area contributed by atoms with E-state index in [9.17, 15) is 13.2 Å². The number of carbonyl (C=O) groups is 1. The molecule has 0 saturated carbocycles. The predicted molar refractivity (Wildman–Crippen MR) is 110 cm³/mol. The van der Waals surface area contributed by atoms with Gasteiger partial charge in [-0.3, -0.25) is 4.79 Å². The molecule has 6 nitrogen and oxygen atoms in total. The van der Waals surface area contributed by atoms with Crippen molar-refractivity contribution in [1.82, 2.24) is 9.29 Å². The summed E-state index contributed by atoms with van der Waals surface area (Å²) in [5, 5.41) is 3.45. The van der Waals surface area contributed by atoms with E-state index in [1.807, 2.05) is 0 Å². The number of rotatable bonds is 8. The number of benzene rings is 1. The molecular formula is C19H27N3O3S2. The minimum Gasteiger partial charge on any atom is -0.302 e. The van der Waals surface area contributed by atoms with E-state index in [0.717, 1.165) is 43.2 Å². The Kier molecular flexibility index (Phi) is 6.49. The molecule has 3 rings (SSSR count). The number of aromatic nitrogens is 1. The number of hydrogen-bond donors (Lipinski definition) is 1. The summed E-state index contributed by atoms with van der Waals surface area (Å²) in [6.45, 7) is 5.33. The summed E-state index contributed by atoms with van der Waals surface area (Å²) in [5.74, 6) is 0.000727. The fraction of sp³-hybridized carbons (Fsp3) is 0.579. The fourth-order valence-electron chi connectivity index (χ4n) is 3.51. The highest BCUT2D eigenvalue weighted by Crippen LogP contribution is 2.30. The molecule has 1 N–H and O–H groups in total. The van der Waals surface area contributed by atoms with E-state index >= 15 is 0 Å². The maximum Gasteiger partial charge on any atom is 0.243 e. The first-order valence-corrected chi connectivity index (χ1v) is 11.9. The summed E-state index contributed by atoms with van der Waals surface area (Å²) < 4.78 is 27.8. The van der Waals surface area contributed by atoms with Gasteiger partial charge in [-0.25, -0.2) is 13.4 Å². The number of nitrogens with one attached hydrogen (secondary N) is 1. The van der Waals surface area contributed by atoms with Crippen LogP contribution in [0.25, 0.3) is 10.2 Å². The molecule has 1 aromatic heterocycles. The Labute approximate surface area is 165 Å². The molecule has 1 amide bonds. The SMILES string of the molecule is CCCC(CCC)C(=O)Nc1nc2ccc(S(=O)(=O)N3CCCC3)cc2s1. The van der Waals surface area contributed by atoms with Gasteiger partial charge in [0, 0.05) is 19.0 Å². The van der Waals surface area contributed by atoms with Gasteiger partial charge in [-0.15, -0.1) is 0 Å². The molecule has 0 bridgehead atoms. The lowest BCUT2D eigenvalue weighted by Gasteiger charge is -2.15. The van der Waals surface area contributed by atoms with Gasteiger partial charge >= 0.3 is 0 Å².